The maximum atomic E-state index is 10.1. The van der Waals surface area contributed by atoms with E-state index < -0.39 is 11.0 Å². The molecule has 0 saturated carbocycles. The molecule has 0 aliphatic heterocycles. The summed E-state index contributed by atoms with van der Waals surface area (Å²) >= 11 is 0. The fraction of sp³-hybridized carbons (Fsp3) is 1.00. The van der Waals surface area contributed by atoms with E-state index >= 15 is 0 Å². The van der Waals surface area contributed by atoms with Crippen LogP contribution in [0.15, 0.2) is 0 Å². The van der Waals surface area contributed by atoms with Gasteiger partial charge in [-0.25, -0.2) is 8.42 Å². The van der Waals surface area contributed by atoms with Gasteiger partial charge >= 0.3 is 0 Å². The van der Waals surface area contributed by atoms with Crippen molar-refractivity contribution in [2.75, 3.05) is 19.8 Å². The number of hydrogen-bond acceptors (Lipinski definition) is 4. The molecule has 0 radical (unpaired) electrons. The molecule has 0 fully saturated rings. The Kier molecular flexibility index (Phi) is 15.8. The lowest BCUT2D eigenvalue weighted by Crippen LogP contribution is -2.04. The number of ether oxygens (including phenoxy) is 1. The molecule has 0 aromatic carbocycles. The number of hydrogen-bond donors (Lipinski definition) is 1. The van der Waals surface area contributed by atoms with E-state index in [1.807, 2.05) is 0 Å². The average Bonchev–Trinajstić information content (AvgIpc) is 2.39. The van der Waals surface area contributed by atoms with Crippen LogP contribution >= 0.6 is 0 Å². The molecule has 0 unspecified atom stereocenters. The Morgan fingerprint density at radius 2 is 1.21 bits per heavy atom. The second-order valence-corrected chi connectivity index (χ2v) is 5.56. The summed E-state index contributed by atoms with van der Waals surface area (Å²) in [6.07, 6.45) is 13.1. The maximum Gasteiger partial charge on any atom is 0.257 e. The summed E-state index contributed by atoms with van der Waals surface area (Å²) < 4.78 is 29.8. The SMILES string of the molecule is CCCCCCCCCCCCOCCO[SH](=O)=O. The largest absolute Gasteiger partial charge is 0.379 e. The Hall–Kier alpha value is -0.130. The van der Waals surface area contributed by atoms with E-state index in [-0.39, 0.29) is 6.61 Å². The third kappa shape index (κ3) is 17.9. The first-order valence-corrected chi connectivity index (χ1v) is 8.72. The highest BCUT2D eigenvalue weighted by Gasteiger charge is 1.94. The molecule has 0 aliphatic rings. The molecular weight excluding hydrogens is 264 g/mol. The van der Waals surface area contributed by atoms with E-state index in [1.165, 1.54) is 57.8 Å². The van der Waals surface area contributed by atoms with Gasteiger partial charge in [-0.2, -0.15) is 0 Å². The van der Waals surface area contributed by atoms with Crippen molar-refractivity contribution in [1.29, 1.82) is 0 Å². The quantitative estimate of drug-likeness (QED) is 0.371. The molecule has 0 saturated heterocycles. The third-order valence-corrected chi connectivity index (χ3v) is 3.46. The Bertz CT molecular complexity index is 234. The molecule has 0 N–H and O–H groups in total. The summed E-state index contributed by atoms with van der Waals surface area (Å²) in [6.45, 7) is 3.45. The molecular formula is C14H30O4S. The van der Waals surface area contributed by atoms with Gasteiger partial charge in [-0.05, 0) is 6.42 Å². The van der Waals surface area contributed by atoms with Crippen molar-refractivity contribution in [2.45, 2.75) is 71.1 Å². The van der Waals surface area contributed by atoms with Gasteiger partial charge in [-0.1, -0.05) is 64.7 Å². The lowest BCUT2D eigenvalue weighted by Gasteiger charge is -2.03. The van der Waals surface area contributed by atoms with Crippen LogP contribution in [0.4, 0.5) is 0 Å². The second-order valence-electron chi connectivity index (χ2n) is 4.85. The van der Waals surface area contributed by atoms with Crippen LogP contribution in [0, 0.1) is 0 Å². The zero-order chi connectivity index (χ0) is 14.2. The van der Waals surface area contributed by atoms with E-state index in [4.69, 9.17) is 4.74 Å². The van der Waals surface area contributed by atoms with Gasteiger partial charge in [0.25, 0.3) is 11.0 Å². The zero-order valence-corrected chi connectivity index (χ0v) is 13.2. The smallest absolute Gasteiger partial charge is 0.257 e. The number of thiol groups is 1. The first kappa shape index (κ1) is 18.9. The first-order valence-electron chi connectivity index (χ1n) is 7.62. The summed E-state index contributed by atoms with van der Waals surface area (Å²) in [5.41, 5.74) is 0. The fourth-order valence-corrected chi connectivity index (χ4v) is 2.19. The normalized spacial score (nSPS) is 11.3. The predicted molar refractivity (Wildman–Crippen MR) is 78.9 cm³/mol. The molecule has 19 heavy (non-hydrogen) atoms. The predicted octanol–water partition coefficient (Wildman–Crippen LogP) is 3.47. The topological polar surface area (TPSA) is 52.6 Å². The van der Waals surface area contributed by atoms with Crippen LogP contribution in [0.3, 0.4) is 0 Å². The van der Waals surface area contributed by atoms with Gasteiger partial charge in [0.05, 0.1) is 13.2 Å². The first-order chi connectivity index (χ1) is 9.27. The minimum atomic E-state index is -2.72. The van der Waals surface area contributed by atoms with Gasteiger partial charge < -0.3 is 4.74 Å². The van der Waals surface area contributed by atoms with Gasteiger partial charge in [0, 0.05) is 6.61 Å². The Morgan fingerprint density at radius 1 is 0.684 bits per heavy atom. The minimum Gasteiger partial charge on any atom is -0.379 e. The zero-order valence-electron chi connectivity index (χ0n) is 12.3. The fourth-order valence-electron chi connectivity index (χ4n) is 1.96. The minimum absolute atomic E-state index is 0.135. The van der Waals surface area contributed by atoms with Crippen molar-refractivity contribution >= 4 is 11.0 Å². The lowest BCUT2D eigenvalue weighted by atomic mass is 10.1. The number of rotatable bonds is 15. The molecule has 0 heterocycles. The molecule has 0 aromatic rings. The molecule has 0 atom stereocenters. The van der Waals surface area contributed by atoms with E-state index in [9.17, 15) is 8.42 Å². The van der Waals surface area contributed by atoms with Gasteiger partial charge in [-0.15, -0.1) is 0 Å². The third-order valence-electron chi connectivity index (χ3n) is 3.07. The van der Waals surface area contributed by atoms with Crippen molar-refractivity contribution in [2.24, 2.45) is 0 Å². The summed E-state index contributed by atoms with van der Waals surface area (Å²) in [5, 5.41) is 0. The van der Waals surface area contributed by atoms with Crippen LogP contribution in [0.1, 0.15) is 71.1 Å². The van der Waals surface area contributed by atoms with E-state index in [2.05, 4.69) is 11.1 Å². The van der Waals surface area contributed by atoms with Crippen LogP contribution in [-0.4, -0.2) is 28.2 Å². The molecule has 0 spiro atoms. The van der Waals surface area contributed by atoms with Crippen LogP contribution in [0.25, 0.3) is 0 Å². The average molecular weight is 294 g/mol. The highest BCUT2D eigenvalue weighted by molar-refractivity contribution is 7.67. The van der Waals surface area contributed by atoms with Gasteiger partial charge in [0.2, 0.25) is 0 Å². The molecule has 5 heteroatoms. The highest BCUT2D eigenvalue weighted by Crippen LogP contribution is 2.10. The molecule has 0 aliphatic carbocycles. The van der Waals surface area contributed by atoms with Crippen molar-refractivity contribution in [3.8, 4) is 0 Å². The van der Waals surface area contributed by atoms with Crippen LogP contribution in [0.5, 0.6) is 0 Å². The molecule has 0 amide bonds. The second kappa shape index (κ2) is 15.9. The van der Waals surface area contributed by atoms with Crippen molar-refractivity contribution < 1.29 is 17.3 Å². The summed E-state index contributed by atoms with van der Waals surface area (Å²) in [6, 6.07) is 0. The molecule has 116 valence electrons. The maximum absolute atomic E-state index is 10.1. The van der Waals surface area contributed by atoms with E-state index in [0.717, 1.165) is 6.42 Å². The lowest BCUT2D eigenvalue weighted by molar-refractivity contribution is 0.101. The van der Waals surface area contributed by atoms with Crippen LogP contribution in [0.2, 0.25) is 0 Å². The van der Waals surface area contributed by atoms with Gasteiger partial charge in [0.1, 0.15) is 0 Å². The van der Waals surface area contributed by atoms with Crippen molar-refractivity contribution in [1.82, 2.24) is 0 Å². The van der Waals surface area contributed by atoms with E-state index in [0.29, 0.717) is 13.2 Å². The summed E-state index contributed by atoms with van der Waals surface area (Å²) in [4.78, 5) is 0. The monoisotopic (exact) mass is 294 g/mol. The van der Waals surface area contributed by atoms with Gasteiger partial charge in [-0.3, -0.25) is 4.18 Å². The molecule has 0 rings (SSSR count). The number of unbranched alkanes of at least 4 members (excludes halogenated alkanes) is 9. The summed E-state index contributed by atoms with van der Waals surface area (Å²) in [5.74, 6) is 0. The van der Waals surface area contributed by atoms with E-state index in [1.54, 1.807) is 0 Å². The van der Waals surface area contributed by atoms with Crippen molar-refractivity contribution in [3.05, 3.63) is 0 Å². The Morgan fingerprint density at radius 3 is 1.74 bits per heavy atom. The van der Waals surface area contributed by atoms with Crippen LogP contribution in [-0.2, 0) is 19.9 Å². The molecule has 4 nitrogen and oxygen atoms in total. The van der Waals surface area contributed by atoms with Crippen LogP contribution < -0.4 is 0 Å². The standard InChI is InChI=1S/C14H30O4S/c1-2-3-4-5-6-7-8-9-10-11-12-17-13-14-18-19(15)16/h19H,2-14H2,1H3. The van der Waals surface area contributed by atoms with Crippen molar-refractivity contribution in [3.63, 3.8) is 0 Å². The molecule has 0 aromatic heterocycles. The Labute approximate surface area is 120 Å². The van der Waals surface area contributed by atoms with Gasteiger partial charge in [0.15, 0.2) is 0 Å². The Balaban J connectivity index is 2.95. The summed E-state index contributed by atoms with van der Waals surface area (Å²) in [7, 11) is -2.72. The molecule has 0 bridgehead atoms. The highest BCUT2D eigenvalue weighted by atomic mass is 32.2.